The van der Waals surface area contributed by atoms with Crippen molar-refractivity contribution in [3.63, 3.8) is 0 Å². The first-order valence-electron chi connectivity index (χ1n) is 4.23. The molecular formula is C10H14ClN. The van der Waals surface area contributed by atoms with Gasteiger partial charge in [-0.3, -0.25) is 0 Å². The Kier molecular flexibility index (Phi) is 4.12. The number of aryl methyl sites for hydroxylation is 1. The monoisotopic (exact) mass is 183 g/mol. The molecule has 2 heteroatoms. The molecule has 0 aliphatic carbocycles. The summed E-state index contributed by atoms with van der Waals surface area (Å²) in [5.41, 5.74) is 1.37. The second kappa shape index (κ2) is 5.18. The molecule has 0 amide bonds. The van der Waals surface area contributed by atoms with Crippen LogP contribution in [0.15, 0.2) is 30.3 Å². The van der Waals surface area contributed by atoms with Gasteiger partial charge in [0.05, 0.1) is 0 Å². The highest BCUT2D eigenvalue weighted by molar-refractivity contribution is 6.13. The van der Waals surface area contributed by atoms with Crippen LogP contribution in [0.1, 0.15) is 18.9 Å². The fourth-order valence-corrected chi connectivity index (χ4v) is 1.19. The third-order valence-corrected chi connectivity index (χ3v) is 2.27. The van der Waals surface area contributed by atoms with E-state index >= 15 is 0 Å². The van der Waals surface area contributed by atoms with E-state index in [4.69, 9.17) is 11.8 Å². The lowest BCUT2D eigenvalue weighted by Crippen LogP contribution is -2.16. The first-order chi connectivity index (χ1) is 5.83. The maximum Gasteiger partial charge on any atom is 0.0195 e. The maximum absolute atomic E-state index is 5.47. The molecule has 1 rings (SSSR count). The number of benzene rings is 1. The summed E-state index contributed by atoms with van der Waals surface area (Å²) in [6.45, 7) is 2.08. The van der Waals surface area contributed by atoms with Crippen molar-refractivity contribution in [3.05, 3.63) is 35.9 Å². The van der Waals surface area contributed by atoms with Crippen LogP contribution in [0, 0.1) is 0 Å². The molecule has 1 unspecified atom stereocenters. The van der Waals surface area contributed by atoms with Gasteiger partial charge in [-0.25, -0.2) is 4.84 Å². The van der Waals surface area contributed by atoms with Crippen LogP contribution in [-0.2, 0) is 6.42 Å². The second-order valence-corrected chi connectivity index (χ2v) is 3.25. The topological polar surface area (TPSA) is 12.0 Å². The molecule has 0 saturated carbocycles. The van der Waals surface area contributed by atoms with E-state index in [0.717, 1.165) is 12.8 Å². The fourth-order valence-electron chi connectivity index (χ4n) is 1.08. The van der Waals surface area contributed by atoms with Crippen LogP contribution in [-0.4, -0.2) is 6.04 Å². The molecule has 0 radical (unpaired) electrons. The van der Waals surface area contributed by atoms with Gasteiger partial charge in [-0.1, -0.05) is 30.3 Å². The Morgan fingerprint density at radius 2 is 2.00 bits per heavy atom. The quantitative estimate of drug-likeness (QED) is 0.708. The van der Waals surface area contributed by atoms with E-state index in [1.54, 1.807) is 0 Å². The van der Waals surface area contributed by atoms with Crippen LogP contribution in [0.4, 0.5) is 0 Å². The first kappa shape index (κ1) is 9.56. The Hall–Kier alpha value is -0.530. The lowest BCUT2D eigenvalue weighted by atomic mass is 10.1. The summed E-state index contributed by atoms with van der Waals surface area (Å²) in [5.74, 6) is 0. The molecule has 66 valence electrons. The van der Waals surface area contributed by atoms with Gasteiger partial charge in [-0.05, 0) is 37.1 Å². The minimum Gasteiger partial charge on any atom is -0.231 e. The number of rotatable bonds is 4. The minimum atomic E-state index is 0.381. The SMILES string of the molecule is CC(CCc1ccccc1)NCl. The molecule has 1 nitrogen and oxygen atoms in total. The van der Waals surface area contributed by atoms with E-state index in [1.807, 2.05) is 6.07 Å². The summed E-state index contributed by atoms with van der Waals surface area (Å²) in [6, 6.07) is 10.8. The van der Waals surface area contributed by atoms with Gasteiger partial charge >= 0.3 is 0 Å². The highest BCUT2D eigenvalue weighted by Gasteiger charge is 1.98. The molecular weight excluding hydrogens is 170 g/mol. The highest BCUT2D eigenvalue weighted by Crippen LogP contribution is 2.04. The smallest absolute Gasteiger partial charge is 0.0195 e. The van der Waals surface area contributed by atoms with E-state index in [2.05, 4.69) is 36.0 Å². The van der Waals surface area contributed by atoms with Crippen molar-refractivity contribution in [1.29, 1.82) is 0 Å². The molecule has 0 aromatic heterocycles. The molecule has 0 aliphatic rings. The van der Waals surface area contributed by atoms with Crippen molar-refractivity contribution in [2.75, 3.05) is 0 Å². The maximum atomic E-state index is 5.47. The zero-order chi connectivity index (χ0) is 8.81. The summed E-state index contributed by atoms with van der Waals surface area (Å²) in [7, 11) is 0. The van der Waals surface area contributed by atoms with Gasteiger partial charge in [0.15, 0.2) is 0 Å². The van der Waals surface area contributed by atoms with Crippen molar-refractivity contribution in [2.24, 2.45) is 0 Å². The molecule has 0 fully saturated rings. The number of hydrogen-bond donors (Lipinski definition) is 1. The standard InChI is InChI=1S/C10H14ClN/c1-9(12-11)7-8-10-5-3-2-4-6-10/h2-6,9,12H,7-8H2,1H3. The molecule has 1 N–H and O–H groups in total. The van der Waals surface area contributed by atoms with Gasteiger partial charge in [0, 0.05) is 6.04 Å². The summed E-state index contributed by atoms with van der Waals surface area (Å²) >= 11 is 5.47. The average molecular weight is 184 g/mol. The van der Waals surface area contributed by atoms with Crippen molar-refractivity contribution in [2.45, 2.75) is 25.8 Å². The zero-order valence-electron chi connectivity index (χ0n) is 7.26. The third-order valence-electron chi connectivity index (χ3n) is 1.90. The number of halogens is 1. The van der Waals surface area contributed by atoms with Crippen molar-refractivity contribution in [3.8, 4) is 0 Å². The molecule has 0 heterocycles. The second-order valence-electron chi connectivity index (χ2n) is 3.03. The fraction of sp³-hybridized carbons (Fsp3) is 0.400. The van der Waals surface area contributed by atoms with Crippen LogP contribution < -0.4 is 4.84 Å². The molecule has 0 aliphatic heterocycles. The van der Waals surface area contributed by atoms with Crippen LogP contribution >= 0.6 is 11.8 Å². The summed E-state index contributed by atoms with van der Waals surface area (Å²) < 4.78 is 0. The van der Waals surface area contributed by atoms with Crippen molar-refractivity contribution in [1.82, 2.24) is 4.84 Å². The first-order valence-corrected chi connectivity index (χ1v) is 4.61. The molecule has 0 saturated heterocycles. The van der Waals surface area contributed by atoms with Gasteiger partial charge in [0.2, 0.25) is 0 Å². The lowest BCUT2D eigenvalue weighted by molar-refractivity contribution is 0.623. The number of hydrogen-bond acceptors (Lipinski definition) is 1. The van der Waals surface area contributed by atoms with Gasteiger partial charge in [0.25, 0.3) is 0 Å². The van der Waals surface area contributed by atoms with Crippen molar-refractivity contribution >= 4 is 11.8 Å². The highest BCUT2D eigenvalue weighted by atomic mass is 35.5. The number of nitrogens with one attached hydrogen (secondary N) is 1. The molecule has 0 spiro atoms. The summed E-state index contributed by atoms with van der Waals surface area (Å²) in [4.78, 5) is 2.71. The third kappa shape index (κ3) is 3.24. The van der Waals surface area contributed by atoms with Crippen molar-refractivity contribution < 1.29 is 0 Å². The largest absolute Gasteiger partial charge is 0.231 e. The predicted octanol–water partition coefficient (Wildman–Crippen LogP) is 2.75. The normalized spacial score (nSPS) is 12.8. The zero-order valence-corrected chi connectivity index (χ0v) is 8.01. The molecule has 1 aromatic rings. The van der Waals surface area contributed by atoms with Gasteiger partial charge < -0.3 is 0 Å². The Morgan fingerprint density at radius 1 is 1.33 bits per heavy atom. The average Bonchev–Trinajstić information content (AvgIpc) is 2.16. The van der Waals surface area contributed by atoms with Crippen LogP contribution in [0.3, 0.4) is 0 Å². The van der Waals surface area contributed by atoms with E-state index in [0.29, 0.717) is 6.04 Å². The Morgan fingerprint density at radius 3 is 2.58 bits per heavy atom. The van der Waals surface area contributed by atoms with Crippen LogP contribution in [0.2, 0.25) is 0 Å². The Balaban J connectivity index is 2.33. The summed E-state index contributed by atoms with van der Waals surface area (Å²) in [5, 5.41) is 0. The molecule has 0 bridgehead atoms. The van der Waals surface area contributed by atoms with E-state index in [-0.39, 0.29) is 0 Å². The van der Waals surface area contributed by atoms with Gasteiger partial charge in [-0.15, -0.1) is 0 Å². The van der Waals surface area contributed by atoms with E-state index in [1.165, 1.54) is 5.56 Å². The molecule has 1 aromatic carbocycles. The van der Waals surface area contributed by atoms with E-state index < -0.39 is 0 Å². The molecule has 1 atom stereocenters. The Labute approximate surface area is 78.9 Å². The van der Waals surface area contributed by atoms with Crippen LogP contribution in [0.5, 0.6) is 0 Å². The van der Waals surface area contributed by atoms with Crippen LogP contribution in [0.25, 0.3) is 0 Å². The van der Waals surface area contributed by atoms with Gasteiger partial charge in [0.1, 0.15) is 0 Å². The Bertz CT molecular complexity index is 210. The van der Waals surface area contributed by atoms with Gasteiger partial charge in [-0.2, -0.15) is 0 Å². The molecule has 12 heavy (non-hydrogen) atoms. The summed E-state index contributed by atoms with van der Waals surface area (Å²) in [6.07, 6.45) is 2.16. The lowest BCUT2D eigenvalue weighted by Gasteiger charge is -2.07. The predicted molar refractivity (Wildman–Crippen MR) is 53.2 cm³/mol. The minimum absolute atomic E-state index is 0.381. The van der Waals surface area contributed by atoms with E-state index in [9.17, 15) is 0 Å².